The van der Waals surface area contributed by atoms with Crippen molar-refractivity contribution in [3.8, 4) is 11.1 Å². The lowest BCUT2D eigenvalue weighted by Crippen LogP contribution is -1.97. The van der Waals surface area contributed by atoms with Crippen LogP contribution in [0.1, 0.15) is 0 Å². The molecule has 2 aromatic rings. The van der Waals surface area contributed by atoms with Crippen molar-refractivity contribution in [3.05, 3.63) is 60.6 Å². The number of hydrogen-bond acceptors (Lipinski definition) is 5. The van der Waals surface area contributed by atoms with E-state index in [1.165, 1.54) is 30.3 Å². The molecule has 0 spiro atoms. The van der Waals surface area contributed by atoms with Crippen LogP contribution in [0.15, 0.2) is 30.3 Å². The van der Waals surface area contributed by atoms with Crippen molar-refractivity contribution < 1.29 is 9.85 Å². The average molecular weight is 328 g/mol. The van der Waals surface area contributed by atoms with Crippen molar-refractivity contribution in [1.82, 2.24) is 0 Å². The van der Waals surface area contributed by atoms with Crippen molar-refractivity contribution >= 4 is 40.3 Å². The van der Waals surface area contributed by atoms with E-state index in [0.717, 1.165) is 0 Å². The zero-order valence-electron chi connectivity index (χ0n) is 10.2. The fourth-order valence-corrected chi connectivity index (χ4v) is 2.22. The number of halogens is 2. The second-order valence-electron chi connectivity index (χ2n) is 4.07. The minimum atomic E-state index is -0.655. The van der Waals surface area contributed by atoms with Crippen LogP contribution in [0.5, 0.6) is 0 Å². The first-order chi connectivity index (χ1) is 9.81. The number of nitrogen functional groups attached to an aromatic ring is 1. The largest absolute Gasteiger partial charge is 0.392 e. The zero-order valence-corrected chi connectivity index (χ0v) is 11.8. The maximum Gasteiger partial charge on any atom is 0.294 e. The number of nitro groups is 2. The van der Waals surface area contributed by atoms with Gasteiger partial charge in [0.25, 0.3) is 11.4 Å². The molecule has 0 aliphatic heterocycles. The first-order valence-electron chi connectivity index (χ1n) is 5.49. The van der Waals surface area contributed by atoms with Crippen LogP contribution in [0, 0.1) is 20.2 Å². The Bertz CT molecular complexity index is 764. The molecule has 0 amide bonds. The van der Waals surface area contributed by atoms with E-state index in [-0.39, 0.29) is 27.1 Å². The molecule has 108 valence electrons. The molecule has 0 atom stereocenters. The predicted octanol–water partition coefficient (Wildman–Crippen LogP) is 4.06. The number of nitro benzene ring substituents is 2. The quantitative estimate of drug-likeness (QED) is 0.518. The molecule has 7 nitrogen and oxygen atoms in total. The Morgan fingerprint density at radius 2 is 1.43 bits per heavy atom. The SMILES string of the molecule is Nc1c(Cl)cc(-c2ccc([N+](=O)[O-])c(Cl)c2)cc1[N+](=O)[O-]. The zero-order chi connectivity index (χ0) is 15.7. The Balaban J connectivity index is 2.60. The Kier molecular flexibility index (Phi) is 3.97. The molecular weight excluding hydrogens is 321 g/mol. The molecule has 0 aromatic heterocycles. The Morgan fingerprint density at radius 1 is 0.857 bits per heavy atom. The smallest absolute Gasteiger partial charge is 0.294 e. The normalized spacial score (nSPS) is 10.4. The van der Waals surface area contributed by atoms with Gasteiger partial charge in [0.05, 0.1) is 14.9 Å². The highest BCUT2D eigenvalue weighted by molar-refractivity contribution is 6.34. The number of anilines is 1. The van der Waals surface area contributed by atoms with Crippen molar-refractivity contribution in [2.24, 2.45) is 0 Å². The van der Waals surface area contributed by atoms with Crippen LogP contribution in [0.25, 0.3) is 11.1 Å². The highest BCUT2D eigenvalue weighted by Gasteiger charge is 2.18. The van der Waals surface area contributed by atoms with Gasteiger partial charge < -0.3 is 5.73 Å². The van der Waals surface area contributed by atoms with Gasteiger partial charge in [0.1, 0.15) is 10.7 Å². The van der Waals surface area contributed by atoms with Gasteiger partial charge in [-0.25, -0.2) is 0 Å². The van der Waals surface area contributed by atoms with Crippen LogP contribution in [-0.4, -0.2) is 9.85 Å². The van der Waals surface area contributed by atoms with Crippen LogP contribution < -0.4 is 5.73 Å². The lowest BCUT2D eigenvalue weighted by Gasteiger charge is -2.06. The van der Waals surface area contributed by atoms with E-state index < -0.39 is 9.85 Å². The summed E-state index contributed by atoms with van der Waals surface area (Å²) in [6, 6.07) is 6.65. The summed E-state index contributed by atoms with van der Waals surface area (Å²) < 4.78 is 0. The van der Waals surface area contributed by atoms with Crippen LogP contribution in [0.4, 0.5) is 17.1 Å². The van der Waals surface area contributed by atoms with Gasteiger partial charge in [0, 0.05) is 12.1 Å². The first kappa shape index (κ1) is 15.0. The van der Waals surface area contributed by atoms with Gasteiger partial charge in [-0.3, -0.25) is 20.2 Å². The summed E-state index contributed by atoms with van der Waals surface area (Å²) >= 11 is 11.7. The second-order valence-corrected chi connectivity index (χ2v) is 4.89. The van der Waals surface area contributed by atoms with Crippen molar-refractivity contribution in [2.75, 3.05) is 5.73 Å². The molecule has 2 aromatic carbocycles. The van der Waals surface area contributed by atoms with Gasteiger partial charge in [-0.2, -0.15) is 0 Å². The number of nitrogens with zero attached hydrogens (tertiary/aromatic N) is 2. The van der Waals surface area contributed by atoms with Crippen molar-refractivity contribution in [3.63, 3.8) is 0 Å². The molecule has 2 N–H and O–H groups in total. The summed E-state index contributed by atoms with van der Waals surface area (Å²) in [4.78, 5) is 20.3. The van der Waals surface area contributed by atoms with E-state index in [4.69, 9.17) is 28.9 Å². The molecule has 0 bridgehead atoms. The van der Waals surface area contributed by atoms with Gasteiger partial charge in [-0.05, 0) is 29.3 Å². The van der Waals surface area contributed by atoms with Crippen molar-refractivity contribution in [2.45, 2.75) is 0 Å². The molecule has 0 radical (unpaired) electrons. The molecule has 0 aliphatic carbocycles. The van der Waals surface area contributed by atoms with Crippen molar-refractivity contribution in [1.29, 1.82) is 0 Å². The van der Waals surface area contributed by atoms with Crippen LogP contribution >= 0.6 is 23.2 Å². The van der Waals surface area contributed by atoms with Gasteiger partial charge in [0.2, 0.25) is 0 Å². The third-order valence-electron chi connectivity index (χ3n) is 2.78. The molecule has 0 heterocycles. The first-order valence-corrected chi connectivity index (χ1v) is 6.24. The Morgan fingerprint density at radius 3 is 1.95 bits per heavy atom. The third kappa shape index (κ3) is 2.88. The third-order valence-corrected chi connectivity index (χ3v) is 3.40. The summed E-state index contributed by atoms with van der Waals surface area (Å²) in [5, 5.41) is 21.6. The van der Waals surface area contributed by atoms with Crippen LogP contribution in [0.2, 0.25) is 10.0 Å². The molecular formula is C12H7Cl2N3O4. The summed E-state index contributed by atoms with van der Waals surface area (Å²) in [7, 11) is 0. The van der Waals surface area contributed by atoms with Gasteiger partial charge in [-0.15, -0.1) is 0 Å². The fourth-order valence-electron chi connectivity index (χ4n) is 1.76. The van der Waals surface area contributed by atoms with E-state index in [2.05, 4.69) is 0 Å². The maximum absolute atomic E-state index is 10.9. The summed E-state index contributed by atoms with van der Waals surface area (Å²) in [6.07, 6.45) is 0. The molecule has 0 saturated heterocycles. The lowest BCUT2D eigenvalue weighted by molar-refractivity contribution is -0.384. The van der Waals surface area contributed by atoms with Gasteiger partial charge in [0.15, 0.2) is 0 Å². The number of benzene rings is 2. The Labute approximate surface area is 128 Å². The molecule has 9 heteroatoms. The number of nitrogens with two attached hydrogens (primary N) is 1. The van der Waals surface area contributed by atoms with Gasteiger partial charge in [-0.1, -0.05) is 23.2 Å². The summed E-state index contributed by atoms with van der Waals surface area (Å²) in [5.41, 5.74) is 5.64. The molecule has 0 fully saturated rings. The minimum Gasteiger partial charge on any atom is -0.392 e. The molecule has 0 saturated carbocycles. The highest BCUT2D eigenvalue weighted by atomic mass is 35.5. The highest BCUT2D eigenvalue weighted by Crippen LogP contribution is 2.37. The van der Waals surface area contributed by atoms with E-state index in [9.17, 15) is 20.2 Å². The maximum atomic E-state index is 10.9. The van der Waals surface area contributed by atoms with E-state index in [1.54, 1.807) is 0 Å². The van der Waals surface area contributed by atoms with E-state index >= 15 is 0 Å². The van der Waals surface area contributed by atoms with Gasteiger partial charge >= 0.3 is 0 Å². The summed E-state index contributed by atoms with van der Waals surface area (Å²) in [5.74, 6) is 0. The standard InChI is InChI=1S/C12H7Cl2N3O4/c13-8-3-6(1-2-10(8)16(18)19)7-4-9(14)12(15)11(5-7)17(20)21/h1-5H,15H2. The Hall–Kier alpha value is -2.38. The van der Waals surface area contributed by atoms with Crippen LogP contribution in [0.3, 0.4) is 0 Å². The molecule has 0 aliphatic rings. The lowest BCUT2D eigenvalue weighted by atomic mass is 10.0. The predicted molar refractivity (Wildman–Crippen MR) is 79.6 cm³/mol. The van der Waals surface area contributed by atoms with E-state index in [0.29, 0.717) is 11.1 Å². The fraction of sp³-hybridized carbons (Fsp3) is 0. The summed E-state index contributed by atoms with van der Waals surface area (Å²) in [6.45, 7) is 0. The molecule has 2 rings (SSSR count). The monoisotopic (exact) mass is 327 g/mol. The van der Waals surface area contributed by atoms with Crippen LogP contribution in [-0.2, 0) is 0 Å². The number of rotatable bonds is 3. The van der Waals surface area contributed by atoms with E-state index in [1.807, 2.05) is 0 Å². The molecule has 0 unspecified atom stereocenters. The minimum absolute atomic E-state index is 0.0219. The topological polar surface area (TPSA) is 112 Å². The molecule has 21 heavy (non-hydrogen) atoms. The average Bonchev–Trinajstić information content (AvgIpc) is 2.40. The number of hydrogen-bond donors (Lipinski definition) is 1. The second kappa shape index (κ2) is 5.55.